The molecule has 0 saturated heterocycles. The van der Waals surface area contributed by atoms with Crippen LogP contribution in [0.2, 0.25) is 0 Å². The van der Waals surface area contributed by atoms with Gasteiger partial charge in [-0.1, -0.05) is 47.5 Å². The highest BCUT2D eigenvalue weighted by molar-refractivity contribution is 7.92. The number of hydrogen-bond acceptors (Lipinski definition) is 7. The number of anilines is 3. The Hall–Kier alpha value is -3.62. The molecule has 0 unspecified atom stereocenters. The molecule has 0 atom stereocenters. The van der Waals surface area contributed by atoms with E-state index in [0.29, 0.717) is 16.3 Å². The van der Waals surface area contributed by atoms with Gasteiger partial charge < -0.3 is 15.8 Å². The molecule has 4 rings (SSSR count). The van der Waals surface area contributed by atoms with Crippen LogP contribution >= 0.6 is 11.3 Å². The van der Waals surface area contributed by atoms with Gasteiger partial charge in [0.05, 0.1) is 17.7 Å². The summed E-state index contributed by atoms with van der Waals surface area (Å²) in [5, 5.41) is 3.60. The quantitative estimate of drug-likeness (QED) is 0.274. The Morgan fingerprint density at radius 1 is 0.917 bits per heavy atom. The second-order valence-corrected chi connectivity index (χ2v) is 11.7. The van der Waals surface area contributed by atoms with Crippen LogP contribution in [0.15, 0.2) is 70.5 Å². The van der Waals surface area contributed by atoms with Gasteiger partial charge >= 0.3 is 0 Å². The Morgan fingerprint density at radius 3 is 2.17 bits per heavy atom. The number of nitrogens with one attached hydrogen (secondary N) is 1. The Bertz CT molecular complexity index is 1550. The molecule has 8 heteroatoms. The fraction of sp³-hybridized carbons (Fsp3) is 0.179. The largest absolute Gasteiger partial charge is 0.497 e. The van der Waals surface area contributed by atoms with Gasteiger partial charge in [-0.3, -0.25) is 4.79 Å². The molecule has 1 heterocycles. The minimum absolute atomic E-state index is 0.0710. The van der Waals surface area contributed by atoms with Crippen molar-refractivity contribution in [2.24, 2.45) is 0 Å². The first-order chi connectivity index (χ1) is 17.0. The molecule has 3 N–H and O–H groups in total. The summed E-state index contributed by atoms with van der Waals surface area (Å²) in [6.07, 6.45) is 0. The van der Waals surface area contributed by atoms with Crippen molar-refractivity contribution in [2.75, 3.05) is 18.2 Å². The smallest absolute Gasteiger partial charge is 0.211 e. The summed E-state index contributed by atoms with van der Waals surface area (Å²) in [6, 6.07) is 17.3. The van der Waals surface area contributed by atoms with Crippen molar-refractivity contribution in [2.45, 2.75) is 37.5 Å². The van der Waals surface area contributed by atoms with Crippen molar-refractivity contribution in [1.29, 1.82) is 0 Å². The standard InChI is InChI=1S/C28H28N2O4S2/c1-16-9-11-22(12-10-16)36(32,33)27-23(29)26(25(31)20-7-6-8-21(15-20)34-5)35-28(27)30-24-18(3)13-17(2)14-19(24)4/h6-15,30H,29H2,1-5H3. The number of thiophene rings is 1. The Balaban J connectivity index is 1.92. The van der Waals surface area contributed by atoms with E-state index in [2.05, 4.69) is 5.32 Å². The zero-order chi connectivity index (χ0) is 26.2. The minimum Gasteiger partial charge on any atom is -0.497 e. The maximum Gasteiger partial charge on any atom is 0.211 e. The van der Waals surface area contributed by atoms with Crippen LogP contribution in [0.5, 0.6) is 5.75 Å². The van der Waals surface area contributed by atoms with Crippen molar-refractivity contribution in [3.63, 3.8) is 0 Å². The van der Waals surface area contributed by atoms with E-state index in [1.807, 2.05) is 39.8 Å². The van der Waals surface area contributed by atoms with Gasteiger partial charge in [-0.15, -0.1) is 11.3 Å². The van der Waals surface area contributed by atoms with Crippen LogP contribution in [-0.2, 0) is 9.84 Å². The molecular formula is C28H28N2O4S2. The zero-order valence-electron chi connectivity index (χ0n) is 20.8. The lowest BCUT2D eigenvalue weighted by atomic mass is 10.1. The molecule has 4 aromatic rings. The van der Waals surface area contributed by atoms with E-state index in [0.717, 1.165) is 39.3 Å². The van der Waals surface area contributed by atoms with Crippen LogP contribution in [-0.4, -0.2) is 21.3 Å². The molecule has 186 valence electrons. The van der Waals surface area contributed by atoms with E-state index in [1.54, 1.807) is 48.5 Å². The number of sulfone groups is 1. The van der Waals surface area contributed by atoms with Gasteiger partial charge in [-0.05, 0) is 63.1 Å². The summed E-state index contributed by atoms with van der Waals surface area (Å²) in [5.41, 5.74) is 11.5. The molecule has 1 aromatic heterocycles. The molecule has 0 aliphatic rings. The van der Waals surface area contributed by atoms with Gasteiger partial charge in [0.25, 0.3) is 0 Å². The van der Waals surface area contributed by atoms with Crippen molar-refractivity contribution in [3.05, 3.63) is 93.4 Å². The highest BCUT2D eigenvalue weighted by Gasteiger charge is 2.32. The van der Waals surface area contributed by atoms with Crippen molar-refractivity contribution >= 4 is 43.3 Å². The van der Waals surface area contributed by atoms with Gasteiger partial charge in [0.2, 0.25) is 15.6 Å². The molecule has 36 heavy (non-hydrogen) atoms. The Kier molecular flexibility index (Phi) is 6.93. The molecule has 0 spiro atoms. The third kappa shape index (κ3) is 4.74. The van der Waals surface area contributed by atoms with E-state index in [4.69, 9.17) is 10.5 Å². The summed E-state index contributed by atoms with van der Waals surface area (Å²) in [4.78, 5) is 13.7. The van der Waals surface area contributed by atoms with Crippen LogP contribution in [0, 0.1) is 27.7 Å². The fourth-order valence-corrected chi connectivity index (χ4v) is 7.09. The first-order valence-electron chi connectivity index (χ1n) is 11.3. The first-order valence-corrected chi connectivity index (χ1v) is 13.6. The lowest BCUT2D eigenvalue weighted by Gasteiger charge is -2.14. The molecule has 0 saturated carbocycles. The lowest BCUT2D eigenvalue weighted by Crippen LogP contribution is -2.09. The molecular weight excluding hydrogens is 492 g/mol. The van der Waals surface area contributed by atoms with Gasteiger partial charge in [0, 0.05) is 11.3 Å². The maximum absolute atomic E-state index is 13.8. The monoisotopic (exact) mass is 520 g/mol. The molecule has 3 aromatic carbocycles. The van der Waals surface area contributed by atoms with Gasteiger partial charge in [-0.25, -0.2) is 8.42 Å². The molecule has 6 nitrogen and oxygen atoms in total. The van der Waals surface area contributed by atoms with E-state index < -0.39 is 9.84 Å². The normalized spacial score (nSPS) is 11.4. The Labute approximate surface area is 215 Å². The highest BCUT2D eigenvalue weighted by atomic mass is 32.2. The van der Waals surface area contributed by atoms with Crippen molar-refractivity contribution < 1.29 is 17.9 Å². The lowest BCUT2D eigenvalue weighted by molar-refractivity contribution is 0.104. The summed E-state index contributed by atoms with van der Waals surface area (Å²) in [5.74, 6) is 0.148. The van der Waals surface area contributed by atoms with E-state index in [1.165, 1.54) is 7.11 Å². The molecule has 0 aliphatic carbocycles. The molecule has 0 bridgehead atoms. The second kappa shape index (κ2) is 9.79. The molecule has 0 radical (unpaired) electrons. The number of ketones is 1. The number of ether oxygens (including phenoxy) is 1. The van der Waals surface area contributed by atoms with Crippen LogP contribution in [0.4, 0.5) is 16.4 Å². The summed E-state index contributed by atoms with van der Waals surface area (Å²) in [7, 11) is -2.52. The average Bonchev–Trinajstić information content (AvgIpc) is 3.17. The fourth-order valence-electron chi connectivity index (χ4n) is 4.17. The SMILES string of the molecule is COc1cccc(C(=O)c2sc(Nc3c(C)cc(C)cc3C)c(S(=O)(=O)c3ccc(C)cc3)c2N)c1. The number of carbonyl (C=O) groups excluding carboxylic acids is 1. The summed E-state index contributed by atoms with van der Waals surface area (Å²) < 4.78 is 32.9. The number of carbonyl (C=O) groups is 1. The van der Waals surface area contributed by atoms with Crippen LogP contribution in [0.3, 0.4) is 0 Å². The predicted octanol–water partition coefficient (Wildman–Crippen LogP) is 6.38. The minimum atomic E-state index is -4.03. The molecule has 0 amide bonds. The van der Waals surface area contributed by atoms with Gasteiger partial charge in [0.1, 0.15) is 20.5 Å². The van der Waals surface area contributed by atoms with Gasteiger partial charge in [-0.2, -0.15) is 0 Å². The molecule has 0 aliphatic heterocycles. The number of nitrogen functional groups attached to an aromatic ring is 1. The van der Waals surface area contributed by atoms with E-state index in [9.17, 15) is 13.2 Å². The third-order valence-corrected chi connectivity index (χ3v) is 9.06. The number of methoxy groups -OCH3 is 1. The summed E-state index contributed by atoms with van der Waals surface area (Å²) >= 11 is 1.04. The average molecular weight is 521 g/mol. The highest BCUT2D eigenvalue weighted by Crippen LogP contribution is 2.45. The molecule has 0 fully saturated rings. The summed E-state index contributed by atoms with van der Waals surface area (Å²) in [6.45, 7) is 7.80. The second-order valence-electron chi connectivity index (χ2n) is 8.78. The van der Waals surface area contributed by atoms with Crippen LogP contribution in [0.25, 0.3) is 0 Å². The van der Waals surface area contributed by atoms with Crippen LogP contribution < -0.4 is 15.8 Å². The number of hydrogen-bond donors (Lipinski definition) is 2. The topological polar surface area (TPSA) is 98.5 Å². The van der Waals surface area contributed by atoms with Crippen LogP contribution in [0.1, 0.15) is 37.5 Å². The third-order valence-electron chi connectivity index (χ3n) is 5.95. The maximum atomic E-state index is 13.8. The van der Waals surface area contributed by atoms with Crippen molar-refractivity contribution in [1.82, 2.24) is 0 Å². The zero-order valence-corrected chi connectivity index (χ0v) is 22.4. The number of nitrogens with two attached hydrogens (primary N) is 1. The Morgan fingerprint density at radius 2 is 1.56 bits per heavy atom. The van der Waals surface area contributed by atoms with Gasteiger partial charge in [0.15, 0.2) is 0 Å². The van der Waals surface area contributed by atoms with Crippen molar-refractivity contribution in [3.8, 4) is 5.75 Å². The number of aryl methyl sites for hydroxylation is 4. The first kappa shape index (κ1) is 25.5. The number of rotatable bonds is 7. The van der Waals surface area contributed by atoms with E-state index >= 15 is 0 Å². The number of benzene rings is 3. The van der Waals surface area contributed by atoms with E-state index in [-0.39, 0.29) is 26.1 Å². The predicted molar refractivity (Wildman–Crippen MR) is 146 cm³/mol.